The third-order valence-corrected chi connectivity index (χ3v) is 4.08. The lowest BCUT2D eigenvalue weighted by molar-refractivity contribution is -0.386. The van der Waals surface area contributed by atoms with Crippen LogP contribution < -0.4 is 4.74 Å². The predicted molar refractivity (Wildman–Crippen MR) is 83.5 cm³/mol. The lowest BCUT2D eigenvalue weighted by atomic mass is 9.99. The van der Waals surface area contributed by atoms with Crippen molar-refractivity contribution in [3.63, 3.8) is 0 Å². The molecule has 1 aromatic rings. The third kappa shape index (κ3) is 4.54. The zero-order valence-corrected chi connectivity index (χ0v) is 13.8. The SMILES string of the molecule is CC(C)C(CS)COc1c(Br)cc(Cl)cc1[N+](=O)[O-]. The highest BCUT2D eigenvalue weighted by Crippen LogP contribution is 2.38. The number of rotatable bonds is 6. The quantitative estimate of drug-likeness (QED) is 0.454. The van der Waals surface area contributed by atoms with Crippen molar-refractivity contribution in [2.24, 2.45) is 11.8 Å². The molecule has 106 valence electrons. The molecule has 1 atom stereocenters. The van der Waals surface area contributed by atoms with Crippen molar-refractivity contribution < 1.29 is 9.66 Å². The van der Waals surface area contributed by atoms with Crippen molar-refractivity contribution in [3.8, 4) is 5.75 Å². The molecule has 0 aliphatic heterocycles. The first-order valence-corrected chi connectivity index (χ1v) is 7.54. The molecule has 0 N–H and O–H groups in total. The van der Waals surface area contributed by atoms with E-state index in [1.165, 1.54) is 6.07 Å². The van der Waals surface area contributed by atoms with E-state index >= 15 is 0 Å². The van der Waals surface area contributed by atoms with E-state index in [-0.39, 0.29) is 17.4 Å². The highest BCUT2D eigenvalue weighted by Gasteiger charge is 2.22. The molecule has 0 fully saturated rings. The maximum Gasteiger partial charge on any atom is 0.313 e. The highest BCUT2D eigenvalue weighted by atomic mass is 79.9. The Kier molecular flexibility index (Phi) is 6.42. The molecular weight excluding hydrogens is 354 g/mol. The molecule has 0 aliphatic rings. The molecule has 1 unspecified atom stereocenters. The summed E-state index contributed by atoms with van der Waals surface area (Å²) in [6, 6.07) is 2.86. The summed E-state index contributed by atoms with van der Waals surface area (Å²) < 4.78 is 6.08. The third-order valence-electron chi connectivity index (χ3n) is 2.80. The number of thiol groups is 1. The number of halogens is 2. The normalized spacial score (nSPS) is 12.5. The molecule has 0 aliphatic carbocycles. The molecule has 0 bridgehead atoms. The van der Waals surface area contributed by atoms with Gasteiger partial charge in [-0.05, 0) is 33.7 Å². The van der Waals surface area contributed by atoms with E-state index in [1.807, 2.05) is 0 Å². The molecule has 0 aromatic heterocycles. The van der Waals surface area contributed by atoms with Gasteiger partial charge in [0, 0.05) is 17.0 Å². The molecule has 1 aromatic carbocycles. The number of ether oxygens (including phenoxy) is 1. The van der Waals surface area contributed by atoms with Crippen LogP contribution in [0.3, 0.4) is 0 Å². The minimum atomic E-state index is -0.503. The fourth-order valence-electron chi connectivity index (χ4n) is 1.47. The van der Waals surface area contributed by atoms with Gasteiger partial charge in [0.2, 0.25) is 5.75 Å². The number of nitro benzene ring substituents is 1. The molecule has 4 nitrogen and oxygen atoms in total. The van der Waals surface area contributed by atoms with Crippen LogP contribution in [-0.4, -0.2) is 17.3 Å². The zero-order chi connectivity index (χ0) is 14.6. The van der Waals surface area contributed by atoms with Gasteiger partial charge in [-0.1, -0.05) is 25.4 Å². The van der Waals surface area contributed by atoms with Crippen molar-refractivity contribution in [1.29, 1.82) is 0 Å². The Morgan fingerprint density at radius 1 is 1.53 bits per heavy atom. The first-order chi connectivity index (χ1) is 8.86. The molecule has 7 heteroatoms. The van der Waals surface area contributed by atoms with Gasteiger partial charge in [0.05, 0.1) is 16.0 Å². The van der Waals surface area contributed by atoms with Crippen molar-refractivity contribution >= 4 is 45.8 Å². The molecule has 0 spiro atoms. The largest absolute Gasteiger partial charge is 0.486 e. The van der Waals surface area contributed by atoms with Crippen molar-refractivity contribution in [2.75, 3.05) is 12.4 Å². The topological polar surface area (TPSA) is 52.4 Å². The zero-order valence-electron chi connectivity index (χ0n) is 10.6. The Morgan fingerprint density at radius 2 is 2.16 bits per heavy atom. The predicted octanol–water partition coefficient (Wildman–Crippen LogP) is 4.59. The Bertz CT molecular complexity index is 471. The molecule has 19 heavy (non-hydrogen) atoms. The van der Waals surface area contributed by atoms with Crippen molar-refractivity contribution in [2.45, 2.75) is 13.8 Å². The number of nitro groups is 1. The molecule has 0 heterocycles. The first-order valence-electron chi connectivity index (χ1n) is 5.73. The van der Waals surface area contributed by atoms with Crippen LogP contribution in [-0.2, 0) is 0 Å². The summed E-state index contributed by atoms with van der Waals surface area (Å²) in [7, 11) is 0. The number of benzene rings is 1. The van der Waals surface area contributed by atoms with Crippen LogP contribution in [0, 0.1) is 22.0 Å². The van der Waals surface area contributed by atoms with E-state index in [2.05, 4.69) is 42.4 Å². The highest BCUT2D eigenvalue weighted by molar-refractivity contribution is 9.10. The van der Waals surface area contributed by atoms with E-state index < -0.39 is 4.92 Å². The maximum absolute atomic E-state index is 11.0. The number of nitrogens with zero attached hydrogens (tertiary/aromatic N) is 1. The lowest BCUT2D eigenvalue weighted by Gasteiger charge is -2.19. The van der Waals surface area contributed by atoms with Crippen LogP contribution >= 0.6 is 40.2 Å². The van der Waals surface area contributed by atoms with Gasteiger partial charge in [-0.25, -0.2) is 0 Å². The molecule has 0 saturated carbocycles. The van der Waals surface area contributed by atoms with E-state index in [4.69, 9.17) is 16.3 Å². The summed E-state index contributed by atoms with van der Waals surface area (Å²) >= 11 is 13.3. The summed E-state index contributed by atoms with van der Waals surface area (Å²) in [5, 5.41) is 11.3. The maximum atomic E-state index is 11.0. The van der Waals surface area contributed by atoms with Crippen molar-refractivity contribution in [3.05, 3.63) is 31.7 Å². The minimum absolute atomic E-state index is 0.138. The second-order valence-electron chi connectivity index (χ2n) is 4.49. The van der Waals surface area contributed by atoms with Gasteiger partial charge in [-0.15, -0.1) is 0 Å². The van der Waals surface area contributed by atoms with Crippen LogP contribution in [0.4, 0.5) is 5.69 Å². The number of hydrogen-bond acceptors (Lipinski definition) is 4. The van der Waals surface area contributed by atoms with Gasteiger partial charge in [-0.2, -0.15) is 12.6 Å². The summed E-state index contributed by atoms with van der Waals surface area (Å²) in [4.78, 5) is 10.5. The Balaban J connectivity index is 2.97. The number of hydrogen-bond donors (Lipinski definition) is 1. The lowest BCUT2D eigenvalue weighted by Crippen LogP contribution is -2.20. The van der Waals surface area contributed by atoms with Crippen LogP contribution in [0.1, 0.15) is 13.8 Å². The van der Waals surface area contributed by atoms with Crippen LogP contribution in [0.15, 0.2) is 16.6 Å². The average Bonchev–Trinajstić information content (AvgIpc) is 2.30. The van der Waals surface area contributed by atoms with Crippen LogP contribution in [0.2, 0.25) is 5.02 Å². The van der Waals surface area contributed by atoms with E-state index in [1.54, 1.807) is 6.07 Å². The van der Waals surface area contributed by atoms with Crippen molar-refractivity contribution in [1.82, 2.24) is 0 Å². The molecule has 0 saturated heterocycles. The van der Waals surface area contributed by atoms with Gasteiger partial charge in [0.25, 0.3) is 0 Å². The monoisotopic (exact) mass is 367 g/mol. The fraction of sp³-hybridized carbons (Fsp3) is 0.500. The smallest absolute Gasteiger partial charge is 0.313 e. The summed E-state index contributed by atoms with van der Waals surface area (Å²) in [6.45, 7) is 4.51. The van der Waals surface area contributed by atoms with E-state index in [0.717, 1.165) is 0 Å². The van der Waals surface area contributed by atoms with Gasteiger partial charge < -0.3 is 4.74 Å². The molecule has 1 rings (SSSR count). The Labute approximate surface area is 131 Å². The van der Waals surface area contributed by atoms with E-state index in [9.17, 15) is 10.1 Å². The summed E-state index contributed by atoms with van der Waals surface area (Å²) in [5.74, 6) is 1.49. The standard InChI is InChI=1S/C12H15BrClNO3S/c1-7(2)8(6-19)5-18-12-10(13)3-9(14)4-11(12)15(16)17/h3-4,7-8,19H,5-6H2,1-2H3. The van der Waals surface area contributed by atoms with Gasteiger partial charge in [0.1, 0.15) is 0 Å². The first kappa shape index (κ1) is 16.6. The summed E-state index contributed by atoms with van der Waals surface area (Å²) in [6.07, 6.45) is 0. The fourth-order valence-corrected chi connectivity index (χ4v) is 2.91. The van der Waals surface area contributed by atoms with E-state index in [0.29, 0.717) is 27.8 Å². The second-order valence-corrected chi connectivity index (χ2v) is 6.15. The summed E-state index contributed by atoms with van der Waals surface area (Å²) in [5.41, 5.74) is -0.138. The Morgan fingerprint density at radius 3 is 2.63 bits per heavy atom. The van der Waals surface area contributed by atoms with Crippen LogP contribution in [0.5, 0.6) is 5.75 Å². The Hall–Kier alpha value is -0.460. The molecule has 0 amide bonds. The second kappa shape index (κ2) is 7.36. The van der Waals surface area contributed by atoms with Gasteiger partial charge >= 0.3 is 5.69 Å². The minimum Gasteiger partial charge on any atom is -0.486 e. The van der Waals surface area contributed by atoms with Gasteiger partial charge in [-0.3, -0.25) is 10.1 Å². The molecule has 0 radical (unpaired) electrons. The van der Waals surface area contributed by atoms with Gasteiger partial charge in [0.15, 0.2) is 0 Å². The van der Waals surface area contributed by atoms with Crippen LogP contribution in [0.25, 0.3) is 0 Å². The average molecular weight is 369 g/mol. The molecular formula is C12H15BrClNO3S.